The van der Waals surface area contributed by atoms with Crippen LogP contribution in [-0.4, -0.2) is 58.7 Å². The van der Waals surface area contributed by atoms with Gasteiger partial charge in [-0.15, -0.1) is 0 Å². The van der Waals surface area contributed by atoms with Crippen LogP contribution >= 0.6 is 0 Å². The number of hydrogen-bond donors (Lipinski definition) is 1. The molecule has 0 unspecified atom stereocenters. The number of carbonyl (C=O) groups excluding carboxylic acids is 1. The largest absolute Gasteiger partial charge is 0.497 e. The minimum Gasteiger partial charge on any atom is -0.497 e. The van der Waals surface area contributed by atoms with Crippen LogP contribution < -0.4 is 14.8 Å². The quantitative estimate of drug-likeness (QED) is 0.683. The minimum atomic E-state index is -3.55. The molecule has 1 aliphatic heterocycles. The highest BCUT2D eigenvalue weighted by Crippen LogP contribution is 2.21. The third-order valence-corrected chi connectivity index (χ3v) is 6.71. The van der Waals surface area contributed by atoms with Crippen LogP contribution in [0.1, 0.15) is 18.5 Å². The van der Waals surface area contributed by atoms with Crippen LogP contribution in [0.4, 0.5) is 0 Å². The van der Waals surface area contributed by atoms with Crippen molar-refractivity contribution in [2.45, 2.75) is 17.9 Å². The lowest BCUT2D eigenvalue weighted by atomic mass is 10.1. The lowest BCUT2D eigenvalue weighted by molar-refractivity contribution is -0.123. The maximum Gasteiger partial charge on any atom is 0.258 e. The normalized spacial score (nSPS) is 15.9. The zero-order valence-corrected chi connectivity index (χ0v) is 17.9. The van der Waals surface area contributed by atoms with E-state index in [-0.39, 0.29) is 23.5 Å². The lowest BCUT2D eigenvalue weighted by Gasteiger charge is -2.26. The Labute approximate surface area is 176 Å². The summed E-state index contributed by atoms with van der Waals surface area (Å²) in [4.78, 5) is 12.4. The number of methoxy groups -OCH3 is 1. The van der Waals surface area contributed by atoms with Crippen molar-refractivity contribution in [1.82, 2.24) is 9.62 Å². The average Bonchev–Trinajstić information content (AvgIpc) is 2.78. The topological polar surface area (TPSA) is 94.2 Å². The van der Waals surface area contributed by atoms with Crippen LogP contribution in [0.15, 0.2) is 53.4 Å². The number of sulfonamides is 1. The van der Waals surface area contributed by atoms with Crippen molar-refractivity contribution >= 4 is 15.9 Å². The molecule has 0 saturated carbocycles. The van der Waals surface area contributed by atoms with E-state index in [1.807, 2.05) is 31.2 Å². The molecule has 3 rings (SSSR count). The van der Waals surface area contributed by atoms with Gasteiger partial charge in [-0.25, -0.2) is 8.42 Å². The van der Waals surface area contributed by atoms with E-state index in [0.717, 1.165) is 11.3 Å². The van der Waals surface area contributed by atoms with Crippen LogP contribution in [0.25, 0.3) is 0 Å². The lowest BCUT2D eigenvalue weighted by Crippen LogP contribution is -2.40. The Morgan fingerprint density at radius 1 is 1.07 bits per heavy atom. The van der Waals surface area contributed by atoms with Gasteiger partial charge < -0.3 is 19.5 Å². The number of amides is 1. The van der Waals surface area contributed by atoms with E-state index in [1.54, 1.807) is 19.2 Å². The maximum atomic E-state index is 12.6. The molecule has 0 aromatic heterocycles. The van der Waals surface area contributed by atoms with Gasteiger partial charge in [0.2, 0.25) is 10.0 Å². The minimum absolute atomic E-state index is 0.171. The van der Waals surface area contributed by atoms with Crippen LogP contribution in [0, 0.1) is 0 Å². The number of rotatable bonds is 8. The fourth-order valence-corrected chi connectivity index (χ4v) is 4.46. The van der Waals surface area contributed by atoms with E-state index in [2.05, 4.69) is 5.32 Å². The summed E-state index contributed by atoms with van der Waals surface area (Å²) in [5.74, 6) is 0.895. The number of hydrogen-bond acceptors (Lipinski definition) is 6. The molecule has 9 heteroatoms. The zero-order valence-electron chi connectivity index (χ0n) is 17.0. The Morgan fingerprint density at radius 3 is 2.27 bits per heavy atom. The highest BCUT2D eigenvalue weighted by Gasteiger charge is 2.26. The van der Waals surface area contributed by atoms with Gasteiger partial charge in [-0.3, -0.25) is 4.79 Å². The summed E-state index contributed by atoms with van der Waals surface area (Å²) in [6.07, 6.45) is 0. The molecule has 1 N–H and O–H groups in total. The second-order valence-corrected chi connectivity index (χ2v) is 8.78. The highest BCUT2D eigenvalue weighted by molar-refractivity contribution is 7.89. The number of ether oxygens (including phenoxy) is 3. The van der Waals surface area contributed by atoms with Crippen LogP contribution in [0.5, 0.6) is 11.5 Å². The molecule has 1 aliphatic rings. The zero-order chi connectivity index (χ0) is 21.6. The van der Waals surface area contributed by atoms with Gasteiger partial charge in [0.15, 0.2) is 6.61 Å². The number of benzene rings is 2. The van der Waals surface area contributed by atoms with E-state index in [9.17, 15) is 13.2 Å². The molecule has 162 valence electrons. The van der Waals surface area contributed by atoms with Gasteiger partial charge in [0.1, 0.15) is 11.5 Å². The summed E-state index contributed by atoms with van der Waals surface area (Å²) in [7, 11) is -1.95. The van der Waals surface area contributed by atoms with Crippen molar-refractivity contribution in [3.63, 3.8) is 0 Å². The molecule has 0 bridgehead atoms. The molecule has 8 nitrogen and oxygen atoms in total. The Kier molecular flexibility index (Phi) is 7.30. The first-order valence-corrected chi connectivity index (χ1v) is 11.1. The van der Waals surface area contributed by atoms with Crippen LogP contribution in [0.3, 0.4) is 0 Å². The second kappa shape index (κ2) is 9.92. The number of nitrogens with zero attached hydrogens (tertiary/aromatic N) is 1. The number of morpholine rings is 1. The fourth-order valence-electron chi connectivity index (χ4n) is 3.05. The molecule has 0 spiro atoms. The smallest absolute Gasteiger partial charge is 0.258 e. The van der Waals surface area contributed by atoms with Gasteiger partial charge >= 0.3 is 0 Å². The van der Waals surface area contributed by atoms with Gasteiger partial charge in [0.05, 0.1) is 31.3 Å². The SMILES string of the molecule is COc1ccc([C@@H](C)NC(=O)COc2ccc(S(=O)(=O)N3CCOCC3)cc2)cc1. The Bertz CT molecular complexity index is 938. The summed E-state index contributed by atoms with van der Waals surface area (Å²) in [5.41, 5.74) is 0.946. The molecular weight excluding hydrogens is 408 g/mol. The second-order valence-electron chi connectivity index (χ2n) is 6.84. The summed E-state index contributed by atoms with van der Waals surface area (Å²) in [6.45, 7) is 3.18. The molecule has 1 amide bonds. The third kappa shape index (κ3) is 5.50. The Morgan fingerprint density at radius 2 is 1.67 bits per heavy atom. The molecule has 0 aliphatic carbocycles. The van der Waals surface area contributed by atoms with Crippen LogP contribution in [-0.2, 0) is 19.6 Å². The van der Waals surface area contributed by atoms with Gasteiger partial charge in [0.25, 0.3) is 5.91 Å². The van der Waals surface area contributed by atoms with E-state index in [1.165, 1.54) is 16.4 Å². The van der Waals surface area contributed by atoms with Crippen molar-refractivity contribution < 1.29 is 27.4 Å². The summed E-state index contributed by atoms with van der Waals surface area (Å²) in [5, 5.41) is 2.86. The Balaban J connectivity index is 1.52. The maximum absolute atomic E-state index is 12.6. The van der Waals surface area contributed by atoms with Gasteiger partial charge in [-0.1, -0.05) is 12.1 Å². The van der Waals surface area contributed by atoms with Crippen molar-refractivity contribution in [2.24, 2.45) is 0 Å². The van der Waals surface area contributed by atoms with Crippen molar-refractivity contribution in [1.29, 1.82) is 0 Å². The van der Waals surface area contributed by atoms with E-state index < -0.39 is 10.0 Å². The first kappa shape index (κ1) is 22.1. The summed E-state index contributed by atoms with van der Waals surface area (Å²) in [6, 6.07) is 13.3. The van der Waals surface area contributed by atoms with Crippen molar-refractivity contribution in [3.8, 4) is 11.5 Å². The van der Waals surface area contributed by atoms with Crippen LogP contribution in [0.2, 0.25) is 0 Å². The molecule has 1 fully saturated rings. The molecule has 0 radical (unpaired) electrons. The molecule has 1 saturated heterocycles. The van der Waals surface area contributed by atoms with Gasteiger partial charge in [-0.2, -0.15) is 4.31 Å². The van der Waals surface area contributed by atoms with E-state index in [0.29, 0.717) is 32.1 Å². The molecule has 2 aromatic carbocycles. The number of carbonyl (C=O) groups is 1. The summed E-state index contributed by atoms with van der Waals surface area (Å²) < 4.78 is 42.5. The van der Waals surface area contributed by atoms with Crippen molar-refractivity contribution in [3.05, 3.63) is 54.1 Å². The Hall–Kier alpha value is -2.62. The van der Waals surface area contributed by atoms with E-state index in [4.69, 9.17) is 14.2 Å². The van der Waals surface area contributed by atoms with Gasteiger partial charge in [-0.05, 0) is 48.9 Å². The predicted octanol–water partition coefficient (Wildman–Crippen LogP) is 1.97. The predicted molar refractivity (Wildman–Crippen MR) is 111 cm³/mol. The average molecular weight is 435 g/mol. The molecular formula is C21H26N2O6S. The standard InChI is InChI=1S/C21H26N2O6S/c1-16(17-3-5-18(27-2)6-4-17)22-21(24)15-29-19-7-9-20(10-8-19)30(25,26)23-11-13-28-14-12-23/h3-10,16H,11-15H2,1-2H3,(H,22,24)/t16-/m1/s1. The number of nitrogens with one attached hydrogen (secondary N) is 1. The van der Waals surface area contributed by atoms with Crippen molar-refractivity contribution in [2.75, 3.05) is 40.0 Å². The first-order chi connectivity index (χ1) is 14.4. The molecule has 1 atom stereocenters. The van der Waals surface area contributed by atoms with E-state index >= 15 is 0 Å². The molecule has 30 heavy (non-hydrogen) atoms. The molecule has 1 heterocycles. The van der Waals surface area contributed by atoms with Gasteiger partial charge in [0, 0.05) is 13.1 Å². The fraction of sp³-hybridized carbons (Fsp3) is 0.381. The highest BCUT2D eigenvalue weighted by atomic mass is 32.2. The first-order valence-electron chi connectivity index (χ1n) is 9.64. The summed E-state index contributed by atoms with van der Waals surface area (Å²) >= 11 is 0. The monoisotopic (exact) mass is 434 g/mol. The molecule has 2 aromatic rings. The third-order valence-electron chi connectivity index (χ3n) is 4.79.